The van der Waals surface area contributed by atoms with Crippen LogP contribution in [0.2, 0.25) is 0 Å². The molecule has 1 fully saturated rings. The Balaban J connectivity index is 1.67. The number of rotatable bonds is 19. The molecule has 1 aliphatic heterocycles. The molecule has 5 unspecified atom stereocenters. The molecule has 5 atom stereocenters. The van der Waals surface area contributed by atoms with Crippen molar-refractivity contribution < 1.29 is 54.2 Å². The van der Waals surface area contributed by atoms with E-state index in [1.807, 2.05) is 17.4 Å². The van der Waals surface area contributed by atoms with Crippen molar-refractivity contribution in [3.8, 4) is 0 Å². The number of thioether (sulfide) groups is 1. The Morgan fingerprint density at radius 2 is 1.82 bits per heavy atom. The van der Waals surface area contributed by atoms with Gasteiger partial charge in [-0.3, -0.25) is 25.1 Å². The number of carbonyl (C=O) groups excluding carboxylic acids is 3. The third kappa shape index (κ3) is 9.74. The summed E-state index contributed by atoms with van der Waals surface area (Å²) < 4.78 is 6.20. The molecular formula is C35H48N4O11S. The fraction of sp³-hybridized carbons (Fsp3) is 0.600. The van der Waals surface area contributed by atoms with Crippen molar-refractivity contribution in [2.75, 3.05) is 12.4 Å². The second kappa shape index (κ2) is 17.6. The van der Waals surface area contributed by atoms with Crippen LogP contribution >= 0.6 is 11.8 Å². The number of cyclic esters (lactones) is 1. The zero-order valence-electron chi connectivity index (χ0n) is 28.6. The summed E-state index contributed by atoms with van der Waals surface area (Å²) in [5.41, 5.74) is 6.32. The molecule has 0 radical (unpaired) electrons. The van der Waals surface area contributed by atoms with Crippen molar-refractivity contribution >= 4 is 41.5 Å². The van der Waals surface area contributed by atoms with Crippen LogP contribution < -0.4 is 16.4 Å². The van der Waals surface area contributed by atoms with Crippen LogP contribution in [0.5, 0.6) is 0 Å². The van der Waals surface area contributed by atoms with Crippen LogP contribution in [-0.4, -0.2) is 95.8 Å². The summed E-state index contributed by atoms with van der Waals surface area (Å²) in [6, 6.07) is 2.46. The van der Waals surface area contributed by atoms with E-state index in [1.54, 1.807) is 12.4 Å². The minimum atomic E-state index is -2.69. The van der Waals surface area contributed by atoms with Crippen LogP contribution in [-0.2, 0) is 35.1 Å². The molecule has 0 saturated heterocycles. The summed E-state index contributed by atoms with van der Waals surface area (Å²) in [7, 11) is 0. The Labute approximate surface area is 300 Å². The number of ether oxygens (including phenoxy) is 1. The van der Waals surface area contributed by atoms with Gasteiger partial charge in [0.2, 0.25) is 23.8 Å². The van der Waals surface area contributed by atoms with E-state index >= 15 is 0 Å². The summed E-state index contributed by atoms with van der Waals surface area (Å²) >= 11 is 1.29. The number of nitrogens with zero attached hydrogens (tertiary/aromatic N) is 1. The number of allylic oxidation sites excluding steroid dienone is 1. The number of hydrogen-bond acceptors (Lipinski definition) is 12. The zero-order chi connectivity index (χ0) is 37.3. The third-order valence-corrected chi connectivity index (χ3v) is 11.7. The van der Waals surface area contributed by atoms with E-state index in [1.165, 1.54) is 11.8 Å². The molecule has 1 aromatic heterocycles. The number of hydrogen-bond donors (Lipinski definition) is 8. The largest absolute Gasteiger partial charge is 0.478 e. The quantitative estimate of drug-likeness (QED) is 0.0570. The van der Waals surface area contributed by atoms with Crippen molar-refractivity contribution in [1.82, 2.24) is 15.6 Å². The van der Waals surface area contributed by atoms with Gasteiger partial charge >= 0.3 is 17.9 Å². The van der Waals surface area contributed by atoms with Gasteiger partial charge in [0.15, 0.2) is 0 Å². The van der Waals surface area contributed by atoms with Gasteiger partial charge in [-0.15, -0.1) is 11.8 Å². The van der Waals surface area contributed by atoms with Gasteiger partial charge in [-0.25, -0.2) is 9.59 Å². The molecule has 0 spiro atoms. The van der Waals surface area contributed by atoms with Crippen molar-refractivity contribution in [3.05, 3.63) is 52.6 Å². The van der Waals surface area contributed by atoms with E-state index in [9.17, 15) is 44.4 Å². The Morgan fingerprint density at radius 1 is 1.14 bits per heavy atom. The summed E-state index contributed by atoms with van der Waals surface area (Å²) in [5.74, 6) is -5.89. The van der Waals surface area contributed by atoms with Gasteiger partial charge in [0, 0.05) is 37.6 Å². The van der Waals surface area contributed by atoms with Gasteiger partial charge in [-0.05, 0) is 80.1 Å². The first kappa shape index (κ1) is 39.9. The number of esters is 1. The molecule has 1 aromatic rings. The molecule has 1 saturated carbocycles. The lowest BCUT2D eigenvalue weighted by molar-refractivity contribution is -0.159. The minimum Gasteiger partial charge on any atom is -0.478 e. The Hall–Kier alpha value is -3.83. The van der Waals surface area contributed by atoms with Crippen LogP contribution in [0.25, 0.3) is 0 Å². The monoisotopic (exact) mass is 732 g/mol. The maximum Gasteiger partial charge on any atom is 0.353 e. The molecule has 16 heteroatoms. The number of aromatic nitrogens is 1. The summed E-state index contributed by atoms with van der Waals surface area (Å²) in [6.07, 6.45) is 7.10. The molecule has 9 N–H and O–H groups in total. The predicted octanol–water partition coefficient (Wildman–Crippen LogP) is 1.50. The molecule has 2 aliphatic carbocycles. The maximum atomic E-state index is 13.8. The first-order chi connectivity index (χ1) is 24.2. The highest BCUT2D eigenvalue weighted by Crippen LogP contribution is 2.55. The van der Waals surface area contributed by atoms with Crippen LogP contribution in [0.3, 0.4) is 0 Å². The number of pyridine rings is 1. The highest BCUT2D eigenvalue weighted by atomic mass is 32.2. The highest BCUT2D eigenvalue weighted by Gasteiger charge is 2.50. The fourth-order valence-electron chi connectivity index (χ4n) is 7.31. The van der Waals surface area contributed by atoms with Crippen LogP contribution in [0, 0.1) is 11.3 Å². The lowest BCUT2D eigenvalue weighted by atomic mass is 9.73. The number of amides is 2. The van der Waals surface area contributed by atoms with E-state index in [-0.39, 0.29) is 17.8 Å². The number of fused-ring (bicyclic) bond motifs is 1. The standard InChI is InChI=1S/C35H48N4O11S/c1-2-34(12-3-4-13-34)28(51-19-24(29(42)39-30(43)31(44)45)38-25(41)9-14-35(36,49)33(47)48)27-23-8-7-21(18-20-10-15-37-16-11-20)22(6-5-17-40)26(23)32(46)50-27/h10-11,15-16,24,26,28,30,40,43,49H,2-9,12-14,17-19,36H2,1H3,(H,38,41)(H,39,42)(H,44,45)(H,47,48). The number of aliphatic hydroxyl groups is 3. The second-order valence-electron chi connectivity index (χ2n) is 13.5. The van der Waals surface area contributed by atoms with Gasteiger partial charge < -0.3 is 40.9 Å². The first-order valence-electron chi connectivity index (χ1n) is 17.2. The minimum absolute atomic E-state index is 0.0379. The molecule has 4 rings (SSSR count). The number of aliphatic carboxylic acids is 2. The lowest BCUT2D eigenvalue weighted by Gasteiger charge is -2.38. The number of nitrogens with one attached hydrogen (secondary N) is 2. The van der Waals surface area contributed by atoms with E-state index in [0.717, 1.165) is 54.4 Å². The van der Waals surface area contributed by atoms with Crippen molar-refractivity contribution in [3.63, 3.8) is 0 Å². The third-order valence-electron chi connectivity index (χ3n) is 10.2. The molecule has 15 nitrogen and oxygen atoms in total. The Kier molecular flexibility index (Phi) is 13.8. The number of nitrogens with two attached hydrogens (primary N) is 1. The van der Waals surface area contributed by atoms with Gasteiger partial charge in [-0.1, -0.05) is 30.9 Å². The van der Waals surface area contributed by atoms with Crippen LogP contribution in [0.1, 0.15) is 83.1 Å². The summed E-state index contributed by atoms with van der Waals surface area (Å²) in [5, 5.41) is 51.7. The number of carbonyl (C=O) groups is 5. The lowest BCUT2D eigenvalue weighted by Crippen LogP contribution is -2.54. The van der Waals surface area contributed by atoms with Crippen LogP contribution in [0.4, 0.5) is 0 Å². The van der Waals surface area contributed by atoms with E-state index < -0.39 is 71.7 Å². The van der Waals surface area contributed by atoms with E-state index in [4.69, 9.17) is 15.6 Å². The molecular weight excluding hydrogens is 684 g/mol. The van der Waals surface area contributed by atoms with Crippen molar-refractivity contribution in [2.45, 2.75) is 107 Å². The predicted molar refractivity (Wildman–Crippen MR) is 184 cm³/mol. The molecule has 3 aliphatic rings. The summed E-state index contributed by atoms with van der Waals surface area (Å²) in [4.78, 5) is 66.6. The van der Waals surface area contributed by atoms with Crippen molar-refractivity contribution in [2.24, 2.45) is 17.1 Å². The molecule has 0 bridgehead atoms. The molecule has 51 heavy (non-hydrogen) atoms. The second-order valence-corrected chi connectivity index (χ2v) is 14.6. The molecule has 2 amide bonds. The van der Waals surface area contributed by atoms with Gasteiger partial charge in [0.1, 0.15) is 17.7 Å². The topological polar surface area (TPSA) is 259 Å². The highest BCUT2D eigenvalue weighted by molar-refractivity contribution is 8.00. The molecule has 2 heterocycles. The maximum absolute atomic E-state index is 13.8. The zero-order valence-corrected chi connectivity index (χ0v) is 29.5. The number of carboxylic acids is 2. The normalized spacial score (nSPS) is 21.3. The van der Waals surface area contributed by atoms with Gasteiger partial charge in [0.25, 0.3) is 0 Å². The average Bonchev–Trinajstić information content (AvgIpc) is 3.72. The Bertz CT molecular complexity index is 1520. The molecule has 0 aromatic carbocycles. The number of carboxylic acid groups (broad SMARTS) is 2. The fourth-order valence-corrected chi connectivity index (χ4v) is 9.04. The van der Waals surface area contributed by atoms with Gasteiger partial charge in [-0.2, -0.15) is 0 Å². The molecule has 280 valence electrons. The van der Waals surface area contributed by atoms with Gasteiger partial charge in [0.05, 0.1) is 5.25 Å². The van der Waals surface area contributed by atoms with Crippen LogP contribution in [0.15, 0.2) is 47.0 Å². The van der Waals surface area contributed by atoms with E-state index in [0.29, 0.717) is 37.9 Å². The van der Waals surface area contributed by atoms with Crippen molar-refractivity contribution in [1.29, 1.82) is 0 Å². The SMILES string of the molecule is CCC1(C(SCC(NC(=O)CCC(N)(O)C(=O)O)C(=O)NC(O)C(=O)O)C2=C3CCC(Cc4ccncc4)=C(CCCO)C3C(=O)O2)CCCC1. The smallest absolute Gasteiger partial charge is 0.353 e. The number of aliphatic hydroxyl groups excluding tert-OH is 2. The summed E-state index contributed by atoms with van der Waals surface area (Å²) in [6.45, 7) is 2.02. The van der Waals surface area contributed by atoms with E-state index in [2.05, 4.69) is 17.2 Å². The first-order valence-corrected chi connectivity index (χ1v) is 18.3. The Morgan fingerprint density at radius 3 is 2.43 bits per heavy atom. The average molecular weight is 733 g/mol.